The molecule has 0 atom stereocenters. The molecule has 0 aliphatic rings. The molecule has 0 spiro atoms. The van der Waals surface area contributed by atoms with Gasteiger partial charge in [0.05, 0.1) is 16.8 Å². The second-order valence-corrected chi connectivity index (χ2v) is 6.46. The van der Waals surface area contributed by atoms with Crippen LogP contribution < -0.4 is 0 Å². The largest absolute Gasteiger partial charge is 0.478 e. The summed E-state index contributed by atoms with van der Waals surface area (Å²) in [6, 6.07) is 22.0. The summed E-state index contributed by atoms with van der Waals surface area (Å²) in [6.45, 7) is 0. The third-order valence-corrected chi connectivity index (χ3v) is 4.60. The molecule has 0 unspecified atom stereocenters. The number of para-hydroxylation sites is 1. The fraction of sp³-hybridized carbons (Fsp3) is 0. The monoisotopic (exact) mass is 382 g/mol. The zero-order valence-electron chi connectivity index (χ0n) is 15.1. The lowest BCUT2D eigenvalue weighted by Crippen LogP contribution is -1.96. The zero-order chi connectivity index (χ0) is 19.8. The summed E-state index contributed by atoms with van der Waals surface area (Å²) in [7, 11) is 0. The molecule has 2 heterocycles. The summed E-state index contributed by atoms with van der Waals surface area (Å²) >= 11 is 0. The molecule has 140 valence electrons. The Kier molecular flexibility index (Phi) is 3.91. The fourth-order valence-corrected chi connectivity index (χ4v) is 3.18. The average Bonchev–Trinajstić information content (AvgIpc) is 3.42. The maximum atomic E-state index is 11.2. The molecule has 0 amide bonds. The van der Waals surface area contributed by atoms with Gasteiger partial charge in [0, 0.05) is 11.1 Å². The second kappa shape index (κ2) is 6.72. The van der Waals surface area contributed by atoms with Crippen LogP contribution in [0.15, 0.2) is 83.5 Å². The minimum absolute atomic E-state index is 0.183. The van der Waals surface area contributed by atoms with Gasteiger partial charge < -0.3 is 9.52 Å². The second-order valence-electron chi connectivity index (χ2n) is 6.46. The standard InChI is InChI=1S/C22H14N4O3/c27-22(28)16-7-3-6-15(11-16)21-23-19(13-29-21)14-5-4-8-17(12-14)26-20-10-2-1-9-18(20)24-25-26/h1-13H,(H,27,28). The van der Waals surface area contributed by atoms with Crippen molar-refractivity contribution in [2.24, 2.45) is 0 Å². The van der Waals surface area contributed by atoms with Gasteiger partial charge in [-0.15, -0.1) is 5.10 Å². The Bertz CT molecular complexity index is 1350. The van der Waals surface area contributed by atoms with E-state index >= 15 is 0 Å². The normalized spacial score (nSPS) is 11.0. The Labute approximate surface area is 164 Å². The number of hydrogen-bond donors (Lipinski definition) is 1. The minimum Gasteiger partial charge on any atom is -0.478 e. The molecule has 1 N–H and O–H groups in total. The molecule has 5 aromatic rings. The lowest BCUT2D eigenvalue weighted by atomic mass is 10.1. The van der Waals surface area contributed by atoms with E-state index in [0.29, 0.717) is 17.1 Å². The highest BCUT2D eigenvalue weighted by Gasteiger charge is 2.12. The predicted molar refractivity (Wildman–Crippen MR) is 107 cm³/mol. The fourth-order valence-electron chi connectivity index (χ4n) is 3.18. The highest BCUT2D eigenvalue weighted by Crippen LogP contribution is 2.27. The van der Waals surface area contributed by atoms with E-state index < -0.39 is 5.97 Å². The predicted octanol–water partition coefficient (Wildman–Crippen LogP) is 4.44. The number of hydrogen-bond acceptors (Lipinski definition) is 5. The smallest absolute Gasteiger partial charge is 0.335 e. The van der Waals surface area contributed by atoms with Crippen LogP contribution in [0.4, 0.5) is 0 Å². The summed E-state index contributed by atoms with van der Waals surface area (Å²) in [5, 5.41) is 17.6. The van der Waals surface area contributed by atoms with E-state index in [0.717, 1.165) is 22.3 Å². The SMILES string of the molecule is O=C(O)c1cccc(-c2nc(-c3cccc(-n4nnc5ccccc54)c3)co2)c1. The van der Waals surface area contributed by atoms with E-state index in [1.165, 1.54) is 12.1 Å². The van der Waals surface area contributed by atoms with Gasteiger partial charge in [-0.1, -0.05) is 35.5 Å². The van der Waals surface area contributed by atoms with Gasteiger partial charge in [0.2, 0.25) is 5.89 Å². The lowest BCUT2D eigenvalue weighted by Gasteiger charge is -2.04. The maximum absolute atomic E-state index is 11.2. The molecule has 29 heavy (non-hydrogen) atoms. The van der Waals surface area contributed by atoms with Gasteiger partial charge in [-0.2, -0.15) is 0 Å². The first kappa shape index (κ1) is 16.9. The topological polar surface area (TPSA) is 94.0 Å². The summed E-state index contributed by atoms with van der Waals surface area (Å²) in [5.74, 6) is -0.633. The van der Waals surface area contributed by atoms with E-state index in [1.807, 2.05) is 48.5 Å². The Morgan fingerprint density at radius 3 is 2.66 bits per heavy atom. The van der Waals surface area contributed by atoms with Crippen molar-refractivity contribution in [3.63, 3.8) is 0 Å². The summed E-state index contributed by atoms with van der Waals surface area (Å²) in [6.07, 6.45) is 1.56. The van der Waals surface area contributed by atoms with Gasteiger partial charge in [-0.3, -0.25) is 0 Å². The molecule has 0 fully saturated rings. The number of carboxylic acid groups (broad SMARTS) is 1. The summed E-state index contributed by atoms with van der Waals surface area (Å²) < 4.78 is 7.38. The number of fused-ring (bicyclic) bond motifs is 1. The molecule has 0 radical (unpaired) electrons. The third kappa shape index (κ3) is 3.04. The Hall–Kier alpha value is -4.26. The van der Waals surface area contributed by atoms with Gasteiger partial charge in [-0.25, -0.2) is 14.5 Å². The number of rotatable bonds is 4. The molecule has 0 saturated heterocycles. The van der Waals surface area contributed by atoms with Gasteiger partial charge in [0.15, 0.2) is 0 Å². The van der Waals surface area contributed by atoms with Crippen molar-refractivity contribution < 1.29 is 14.3 Å². The van der Waals surface area contributed by atoms with E-state index in [9.17, 15) is 9.90 Å². The number of benzene rings is 3. The van der Waals surface area contributed by atoms with Crippen LogP contribution in [0.3, 0.4) is 0 Å². The highest BCUT2D eigenvalue weighted by molar-refractivity contribution is 5.89. The summed E-state index contributed by atoms with van der Waals surface area (Å²) in [5.41, 5.74) is 4.87. The van der Waals surface area contributed by atoms with Crippen molar-refractivity contribution in [1.29, 1.82) is 0 Å². The molecule has 0 saturated carbocycles. The van der Waals surface area contributed by atoms with Crippen LogP contribution >= 0.6 is 0 Å². The highest BCUT2D eigenvalue weighted by atomic mass is 16.4. The molecule has 0 aliphatic carbocycles. The van der Waals surface area contributed by atoms with E-state index in [1.54, 1.807) is 23.1 Å². The Balaban J connectivity index is 1.52. The number of aromatic carboxylic acids is 1. The third-order valence-electron chi connectivity index (χ3n) is 4.60. The van der Waals surface area contributed by atoms with Crippen LogP contribution in [0.2, 0.25) is 0 Å². The molecule has 0 bridgehead atoms. The van der Waals surface area contributed by atoms with Crippen molar-refractivity contribution in [2.75, 3.05) is 0 Å². The quantitative estimate of drug-likeness (QED) is 0.494. The van der Waals surface area contributed by atoms with E-state index in [4.69, 9.17) is 4.42 Å². The van der Waals surface area contributed by atoms with Crippen molar-refractivity contribution >= 4 is 17.0 Å². The lowest BCUT2D eigenvalue weighted by molar-refractivity contribution is 0.0697. The molecule has 7 heteroatoms. The van der Waals surface area contributed by atoms with Crippen LogP contribution in [-0.4, -0.2) is 31.1 Å². The molecule has 2 aromatic heterocycles. The van der Waals surface area contributed by atoms with Crippen LogP contribution in [0.1, 0.15) is 10.4 Å². The first-order chi connectivity index (χ1) is 14.2. The van der Waals surface area contributed by atoms with Crippen LogP contribution in [-0.2, 0) is 0 Å². The van der Waals surface area contributed by atoms with Crippen molar-refractivity contribution in [2.45, 2.75) is 0 Å². The van der Waals surface area contributed by atoms with Gasteiger partial charge in [0.25, 0.3) is 0 Å². The molecular formula is C22H14N4O3. The summed E-state index contributed by atoms with van der Waals surface area (Å²) in [4.78, 5) is 15.7. The molecular weight excluding hydrogens is 368 g/mol. The van der Waals surface area contributed by atoms with Gasteiger partial charge in [0.1, 0.15) is 17.5 Å². The van der Waals surface area contributed by atoms with Crippen LogP contribution in [0, 0.1) is 0 Å². The van der Waals surface area contributed by atoms with Crippen LogP contribution in [0.25, 0.3) is 39.4 Å². The number of carboxylic acids is 1. The minimum atomic E-state index is -0.994. The van der Waals surface area contributed by atoms with E-state index in [2.05, 4.69) is 15.3 Å². The number of oxazole rings is 1. The zero-order valence-corrected chi connectivity index (χ0v) is 15.1. The molecule has 0 aliphatic heterocycles. The molecule has 7 nitrogen and oxygen atoms in total. The first-order valence-electron chi connectivity index (χ1n) is 8.89. The number of nitrogens with zero attached hydrogens (tertiary/aromatic N) is 4. The molecule has 5 rings (SSSR count). The van der Waals surface area contributed by atoms with Crippen molar-refractivity contribution in [3.05, 3.63) is 84.6 Å². The van der Waals surface area contributed by atoms with E-state index in [-0.39, 0.29) is 5.56 Å². The van der Waals surface area contributed by atoms with Gasteiger partial charge in [-0.05, 0) is 42.5 Å². The van der Waals surface area contributed by atoms with Crippen molar-refractivity contribution in [3.8, 4) is 28.4 Å². The molecule has 3 aromatic carbocycles. The van der Waals surface area contributed by atoms with Gasteiger partial charge >= 0.3 is 5.97 Å². The first-order valence-corrected chi connectivity index (χ1v) is 8.89. The Morgan fingerprint density at radius 2 is 1.76 bits per heavy atom. The Morgan fingerprint density at radius 1 is 0.931 bits per heavy atom. The number of aromatic nitrogens is 4. The van der Waals surface area contributed by atoms with Crippen molar-refractivity contribution in [1.82, 2.24) is 20.0 Å². The van der Waals surface area contributed by atoms with Crippen LogP contribution in [0.5, 0.6) is 0 Å². The average molecular weight is 382 g/mol. The maximum Gasteiger partial charge on any atom is 0.335 e. The number of carbonyl (C=O) groups is 1.